The highest BCUT2D eigenvalue weighted by atomic mass is 32.2. The maximum Gasteiger partial charge on any atom is 0.243 e. The van der Waals surface area contributed by atoms with Crippen LogP contribution in [-0.4, -0.2) is 32.9 Å². The summed E-state index contributed by atoms with van der Waals surface area (Å²) in [6, 6.07) is 1.77. The molecule has 4 nitrogen and oxygen atoms in total. The molecule has 0 radical (unpaired) electrons. The molecule has 1 unspecified atom stereocenters. The van der Waals surface area contributed by atoms with Crippen LogP contribution >= 0.6 is 11.3 Å². The summed E-state index contributed by atoms with van der Waals surface area (Å²) in [7, 11) is 0.152. The summed E-state index contributed by atoms with van der Waals surface area (Å²) in [4.78, 5) is 1.43. The summed E-state index contributed by atoms with van der Waals surface area (Å²) < 4.78 is 26.0. The molecule has 1 heterocycles. The number of rotatable bonds is 6. The van der Waals surface area contributed by atoms with Crippen LogP contribution in [0.25, 0.3) is 0 Å². The lowest BCUT2D eigenvalue weighted by molar-refractivity contribution is 0.381. The molecule has 0 saturated carbocycles. The second-order valence-corrected chi connectivity index (χ2v) is 7.05. The molecular weight excluding hydrogens is 256 g/mol. The van der Waals surface area contributed by atoms with Crippen molar-refractivity contribution in [1.82, 2.24) is 9.62 Å². The third-order valence-electron chi connectivity index (χ3n) is 2.87. The van der Waals surface area contributed by atoms with Crippen LogP contribution in [0.3, 0.4) is 0 Å². The number of nitrogens with zero attached hydrogens (tertiary/aromatic N) is 1. The van der Waals surface area contributed by atoms with Crippen LogP contribution < -0.4 is 5.32 Å². The number of nitrogens with one attached hydrogen (secondary N) is 1. The zero-order valence-corrected chi connectivity index (χ0v) is 12.4. The summed E-state index contributed by atoms with van der Waals surface area (Å²) in [6.07, 6.45) is 0.809. The second kappa shape index (κ2) is 5.95. The Bertz CT molecular complexity index is 454. The monoisotopic (exact) mass is 276 g/mol. The van der Waals surface area contributed by atoms with E-state index in [0.29, 0.717) is 11.4 Å². The van der Waals surface area contributed by atoms with Crippen LogP contribution in [-0.2, 0) is 16.6 Å². The fourth-order valence-electron chi connectivity index (χ4n) is 1.42. The lowest BCUT2D eigenvalue weighted by Crippen LogP contribution is -2.34. The van der Waals surface area contributed by atoms with E-state index in [-0.39, 0.29) is 6.04 Å². The Balaban J connectivity index is 2.96. The topological polar surface area (TPSA) is 49.4 Å². The molecular formula is C11H20N2O2S2. The fraction of sp³-hybridized carbons (Fsp3) is 0.636. The van der Waals surface area contributed by atoms with Gasteiger partial charge in [-0.1, -0.05) is 6.92 Å². The third kappa shape index (κ3) is 3.28. The Kier molecular flexibility index (Phi) is 5.12. The van der Waals surface area contributed by atoms with Gasteiger partial charge in [0.15, 0.2) is 0 Å². The molecule has 0 amide bonds. The van der Waals surface area contributed by atoms with Gasteiger partial charge in [-0.25, -0.2) is 8.42 Å². The first kappa shape index (κ1) is 14.6. The van der Waals surface area contributed by atoms with Gasteiger partial charge < -0.3 is 5.32 Å². The largest absolute Gasteiger partial charge is 0.315 e. The molecule has 0 aromatic carbocycles. The van der Waals surface area contributed by atoms with Crippen LogP contribution in [0.2, 0.25) is 0 Å². The molecule has 1 aromatic heterocycles. The molecule has 98 valence electrons. The highest BCUT2D eigenvalue weighted by Crippen LogP contribution is 2.23. The van der Waals surface area contributed by atoms with Gasteiger partial charge in [0.05, 0.1) is 4.90 Å². The van der Waals surface area contributed by atoms with E-state index in [1.165, 1.54) is 15.6 Å². The van der Waals surface area contributed by atoms with Crippen LogP contribution in [0.1, 0.15) is 25.1 Å². The molecule has 0 aliphatic heterocycles. The molecule has 0 aliphatic rings. The minimum atomic E-state index is -3.33. The third-order valence-corrected chi connectivity index (χ3v) is 5.90. The van der Waals surface area contributed by atoms with Crippen molar-refractivity contribution >= 4 is 21.4 Å². The van der Waals surface area contributed by atoms with Gasteiger partial charge >= 0.3 is 0 Å². The van der Waals surface area contributed by atoms with E-state index in [1.54, 1.807) is 18.5 Å². The van der Waals surface area contributed by atoms with Crippen molar-refractivity contribution in [2.24, 2.45) is 0 Å². The summed E-state index contributed by atoms with van der Waals surface area (Å²) in [6.45, 7) is 4.60. The number of hydrogen-bond donors (Lipinski definition) is 1. The molecule has 0 aliphatic carbocycles. The molecule has 17 heavy (non-hydrogen) atoms. The first-order valence-electron chi connectivity index (χ1n) is 5.63. The zero-order chi connectivity index (χ0) is 13.1. The normalized spacial score (nSPS) is 14.2. The predicted molar refractivity (Wildman–Crippen MR) is 71.8 cm³/mol. The summed E-state index contributed by atoms with van der Waals surface area (Å²) in [5, 5.41) is 4.72. The molecule has 1 N–H and O–H groups in total. The molecule has 0 bridgehead atoms. The smallest absolute Gasteiger partial charge is 0.243 e. The SMILES string of the molecule is CCC(C)N(C)S(=O)(=O)c1csc(CNC)c1. The van der Waals surface area contributed by atoms with Gasteiger partial charge in [-0.2, -0.15) is 4.31 Å². The van der Waals surface area contributed by atoms with Gasteiger partial charge in [-0.15, -0.1) is 11.3 Å². The van der Waals surface area contributed by atoms with Gasteiger partial charge in [-0.05, 0) is 26.5 Å². The Morgan fingerprint density at radius 3 is 2.71 bits per heavy atom. The average Bonchev–Trinajstić information content (AvgIpc) is 2.76. The number of thiophene rings is 1. The van der Waals surface area contributed by atoms with Crippen molar-refractivity contribution in [3.8, 4) is 0 Å². The molecule has 6 heteroatoms. The lowest BCUT2D eigenvalue weighted by atomic mass is 10.3. The van der Waals surface area contributed by atoms with Gasteiger partial charge in [0, 0.05) is 29.9 Å². The van der Waals surface area contributed by atoms with E-state index in [4.69, 9.17) is 0 Å². The second-order valence-electron chi connectivity index (χ2n) is 4.06. The Morgan fingerprint density at radius 1 is 1.53 bits per heavy atom. The maximum atomic E-state index is 12.3. The Labute approximate surface area is 108 Å². The van der Waals surface area contributed by atoms with Crippen molar-refractivity contribution in [2.75, 3.05) is 14.1 Å². The predicted octanol–water partition coefficient (Wildman–Crippen LogP) is 1.89. The Morgan fingerprint density at radius 2 is 2.18 bits per heavy atom. The molecule has 1 rings (SSSR count). The quantitative estimate of drug-likeness (QED) is 0.863. The number of sulfonamides is 1. The Hall–Kier alpha value is -0.430. The zero-order valence-electron chi connectivity index (χ0n) is 10.7. The van der Waals surface area contributed by atoms with E-state index in [0.717, 1.165) is 11.3 Å². The fourth-order valence-corrected chi connectivity index (χ4v) is 4.13. The highest BCUT2D eigenvalue weighted by Gasteiger charge is 2.25. The van der Waals surface area contributed by atoms with Crippen LogP contribution in [0, 0.1) is 0 Å². The van der Waals surface area contributed by atoms with Gasteiger partial charge in [0.25, 0.3) is 0 Å². The van der Waals surface area contributed by atoms with Crippen LogP contribution in [0.5, 0.6) is 0 Å². The standard InChI is InChI=1S/C11H20N2O2S2/c1-5-9(2)13(4)17(14,15)11-6-10(7-12-3)16-8-11/h6,8-9,12H,5,7H2,1-4H3. The molecule has 0 saturated heterocycles. The van der Waals surface area contributed by atoms with E-state index >= 15 is 0 Å². The van der Waals surface area contributed by atoms with Gasteiger partial charge in [0.2, 0.25) is 10.0 Å². The summed E-state index contributed by atoms with van der Waals surface area (Å²) in [5.41, 5.74) is 0. The van der Waals surface area contributed by atoms with Crippen LogP contribution in [0.4, 0.5) is 0 Å². The minimum Gasteiger partial charge on any atom is -0.315 e. The van der Waals surface area contributed by atoms with Crippen LogP contribution in [0.15, 0.2) is 16.3 Å². The van der Waals surface area contributed by atoms with Crippen molar-refractivity contribution in [2.45, 2.75) is 37.8 Å². The van der Waals surface area contributed by atoms with Crippen molar-refractivity contribution in [3.63, 3.8) is 0 Å². The maximum absolute atomic E-state index is 12.3. The van der Waals surface area contributed by atoms with Crippen molar-refractivity contribution in [3.05, 3.63) is 16.3 Å². The van der Waals surface area contributed by atoms with E-state index < -0.39 is 10.0 Å². The minimum absolute atomic E-state index is 0.0210. The van der Waals surface area contributed by atoms with E-state index in [1.807, 2.05) is 20.9 Å². The molecule has 0 fully saturated rings. The van der Waals surface area contributed by atoms with Gasteiger partial charge in [0.1, 0.15) is 0 Å². The highest BCUT2D eigenvalue weighted by molar-refractivity contribution is 7.89. The molecule has 1 aromatic rings. The van der Waals surface area contributed by atoms with Crippen molar-refractivity contribution < 1.29 is 8.42 Å². The first-order chi connectivity index (χ1) is 7.93. The lowest BCUT2D eigenvalue weighted by Gasteiger charge is -2.22. The average molecular weight is 276 g/mol. The number of hydrogen-bond acceptors (Lipinski definition) is 4. The summed E-state index contributed by atoms with van der Waals surface area (Å²) in [5.74, 6) is 0. The molecule has 0 spiro atoms. The first-order valence-corrected chi connectivity index (χ1v) is 7.95. The van der Waals surface area contributed by atoms with E-state index in [9.17, 15) is 8.42 Å². The van der Waals surface area contributed by atoms with E-state index in [2.05, 4.69) is 5.32 Å². The van der Waals surface area contributed by atoms with Gasteiger partial charge in [-0.3, -0.25) is 0 Å². The summed E-state index contributed by atoms with van der Waals surface area (Å²) >= 11 is 1.47. The molecule has 1 atom stereocenters. The van der Waals surface area contributed by atoms with Crippen molar-refractivity contribution in [1.29, 1.82) is 0 Å².